The highest BCUT2D eigenvalue weighted by molar-refractivity contribution is 7.99. The van der Waals surface area contributed by atoms with E-state index < -0.39 is 4.92 Å². The van der Waals surface area contributed by atoms with E-state index in [4.69, 9.17) is 4.74 Å². The largest absolute Gasteiger partial charge is 0.497 e. The van der Waals surface area contributed by atoms with Crippen LogP contribution in [0.3, 0.4) is 0 Å². The van der Waals surface area contributed by atoms with Crippen LogP contribution < -0.4 is 4.74 Å². The summed E-state index contributed by atoms with van der Waals surface area (Å²) in [5.41, 5.74) is -0.0265. The van der Waals surface area contributed by atoms with Crippen LogP contribution in [-0.2, 0) is 9.53 Å². The van der Waals surface area contributed by atoms with E-state index in [1.165, 1.54) is 32.0 Å². The monoisotopic (exact) mass is 285 g/mol. The number of esters is 1. The molecule has 0 aliphatic carbocycles. The number of hydrogen-bond acceptors (Lipinski definition) is 6. The number of carbonyl (C=O) groups is 1. The van der Waals surface area contributed by atoms with Crippen molar-refractivity contribution in [3.63, 3.8) is 0 Å². The van der Waals surface area contributed by atoms with E-state index in [0.717, 1.165) is 0 Å². The Kier molecular flexibility index (Phi) is 5.62. The van der Waals surface area contributed by atoms with Crippen LogP contribution >= 0.6 is 11.8 Å². The lowest BCUT2D eigenvalue weighted by molar-refractivity contribution is -0.387. The van der Waals surface area contributed by atoms with Gasteiger partial charge in [0.2, 0.25) is 0 Å². The van der Waals surface area contributed by atoms with Crippen LogP contribution in [0.2, 0.25) is 0 Å². The van der Waals surface area contributed by atoms with Crippen LogP contribution in [0.4, 0.5) is 5.69 Å². The second-order valence-electron chi connectivity index (χ2n) is 3.83. The van der Waals surface area contributed by atoms with Crippen LogP contribution in [0.5, 0.6) is 5.75 Å². The number of methoxy groups -OCH3 is 2. The van der Waals surface area contributed by atoms with E-state index in [-0.39, 0.29) is 17.6 Å². The van der Waals surface area contributed by atoms with Gasteiger partial charge in [0.05, 0.1) is 36.0 Å². The minimum atomic E-state index is -0.465. The fourth-order valence-corrected chi connectivity index (χ4v) is 2.38. The van der Waals surface area contributed by atoms with Gasteiger partial charge in [-0.2, -0.15) is 0 Å². The van der Waals surface area contributed by atoms with E-state index in [9.17, 15) is 14.9 Å². The second-order valence-corrected chi connectivity index (χ2v) is 4.89. The van der Waals surface area contributed by atoms with E-state index in [2.05, 4.69) is 4.74 Å². The van der Waals surface area contributed by atoms with Gasteiger partial charge >= 0.3 is 5.97 Å². The van der Waals surface area contributed by atoms with Crippen molar-refractivity contribution in [2.45, 2.75) is 11.8 Å². The Morgan fingerprint density at radius 2 is 2.16 bits per heavy atom. The Morgan fingerprint density at radius 3 is 2.68 bits per heavy atom. The molecule has 1 aromatic carbocycles. The lowest BCUT2D eigenvalue weighted by atomic mass is 10.2. The van der Waals surface area contributed by atoms with Gasteiger partial charge in [-0.15, -0.1) is 11.8 Å². The topological polar surface area (TPSA) is 78.7 Å². The molecule has 0 aromatic heterocycles. The summed E-state index contributed by atoms with van der Waals surface area (Å²) in [6.07, 6.45) is 0. The molecule has 0 saturated heterocycles. The number of rotatable bonds is 6. The first kappa shape index (κ1) is 15.3. The predicted molar refractivity (Wildman–Crippen MR) is 71.6 cm³/mol. The van der Waals surface area contributed by atoms with Crippen molar-refractivity contribution >= 4 is 23.4 Å². The zero-order chi connectivity index (χ0) is 14.4. The molecule has 0 aliphatic heterocycles. The molecule has 104 valence electrons. The molecule has 0 aliphatic rings. The molecule has 1 rings (SSSR count). The van der Waals surface area contributed by atoms with Crippen LogP contribution in [0.15, 0.2) is 23.1 Å². The van der Waals surface area contributed by atoms with Crippen molar-refractivity contribution in [1.82, 2.24) is 0 Å². The van der Waals surface area contributed by atoms with E-state index in [1.54, 1.807) is 19.1 Å². The maximum absolute atomic E-state index is 11.3. The van der Waals surface area contributed by atoms with Crippen LogP contribution in [0, 0.1) is 16.0 Å². The summed E-state index contributed by atoms with van der Waals surface area (Å²) in [6, 6.07) is 4.63. The number of thioether (sulfide) groups is 1. The minimum absolute atomic E-state index is 0.0265. The summed E-state index contributed by atoms with van der Waals surface area (Å²) < 4.78 is 9.56. The average molecular weight is 285 g/mol. The molecule has 1 aromatic rings. The molecule has 6 nitrogen and oxygen atoms in total. The highest BCUT2D eigenvalue weighted by Gasteiger charge is 2.19. The van der Waals surface area contributed by atoms with Crippen molar-refractivity contribution in [3.05, 3.63) is 28.3 Å². The predicted octanol–water partition coefficient (Wildman–Crippen LogP) is 2.50. The zero-order valence-electron chi connectivity index (χ0n) is 10.9. The number of nitro benzene ring substituents is 1. The standard InChI is InChI=1S/C12H15NO5S/c1-8(12(14)18-3)7-19-11-5-4-9(17-2)6-10(11)13(15)16/h4-6,8H,7H2,1-3H3. The van der Waals surface area contributed by atoms with Gasteiger partial charge in [-0.1, -0.05) is 6.92 Å². The van der Waals surface area contributed by atoms with Gasteiger partial charge in [-0.05, 0) is 12.1 Å². The minimum Gasteiger partial charge on any atom is -0.497 e. The summed E-state index contributed by atoms with van der Waals surface area (Å²) in [4.78, 5) is 22.3. The first-order valence-electron chi connectivity index (χ1n) is 5.52. The first-order valence-corrected chi connectivity index (χ1v) is 6.51. The van der Waals surface area contributed by atoms with Crippen LogP contribution in [0.25, 0.3) is 0 Å². The number of ether oxygens (including phenoxy) is 2. The third-order valence-corrected chi connectivity index (χ3v) is 3.78. The van der Waals surface area contributed by atoms with Gasteiger partial charge in [-0.3, -0.25) is 14.9 Å². The van der Waals surface area contributed by atoms with Crippen molar-refractivity contribution in [2.24, 2.45) is 5.92 Å². The van der Waals surface area contributed by atoms with Gasteiger partial charge < -0.3 is 9.47 Å². The molecule has 0 bridgehead atoms. The summed E-state index contributed by atoms with van der Waals surface area (Å²) in [6.45, 7) is 1.72. The van der Waals surface area contributed by atoms with Crippen molar-refractivity contribution in [3.8, 4) is 5.75 Å². The van der Waals surface area contributed by atoms with Gasteiger partial charge in [0.25, 0.3) is 5.69 Å². The Bertz CT molecular complexity index is 477. The summed E-state index contributed by atoms with van der Waals surface area (Å²) in [5.74, 6) is 0.192. The molecular weight excluding hydrogens is 270 g/mol. The molecule has 1 unspecified atom stereocenters. The van der Waals surface area contributed by atoms with Crippen LogP contribution in [0.1, 0.15) is 6.92 Å². The Labute approximate surface area is 115 Å². The molecule has 0 radical (unpaired) electrons. The molecule has 0 saturated carbocycles. The Balaban J connectivity index is 2.83. The van der Waals surface area contributed by atoms with Crippen molar-refractivity contribution in [1.29, 1.82) is 0 Å². The number of benzene rings is 1. The van der Waals surface area contributed by atoms with Crippen molar-refractivity contribution < 1.29 is 19.2 Å². The summed E-state index contributed by atoms with van der Waals surface area (Å²) in [7, 11) is 2.77. The molecule has 0 amide bonds. The number of nitro groups is 1. The molecule has 1 atom stereocenters. The molecule has 0 spiro atoms. The highest BCUT2D eigenvalue weighted by atomic mass is 32.2. The Morgan fingerprint density at radius 1 is 1.47 bits per heavy atom. The molecular formula is C12H15NO5S. The molecule has 19 heavy (non-hydrogen) atoms. The third kappa shape index (κ3) is 4.13. The van der Waals surface area contributed by atoms with Crippen molar-refractivity contribution in [2.75, 3.05) is 20.0 Å². The SMILES string of the molecule is COC(=O)C(C)CSc1ccc(OC)cc1[N+](=O)[O-]. The van der Waals surface area contributed by atoms with Gasteiger partial charge in [0, 0.05) is 5.75 Å². The fraction of sp³-hybridized carbons (Fsp3) is 0.417. The molecule has 0 N–H and O–H groups in total. The molecule has 0 heterocycles. The first-order chi connectivity index (χ1) is 8.99. The van der Waals surface area contributed by atoms with Gasteiger partial charge in [-0.25, -0.2) is 0 Å². The van der Waals surface area contributed by atoms with Gasteiger partial charge in [0.15, 0.2) is 0 Å². The lowest BCUT2D eigenvalue weighted by Crippen LogP contribution is -2.14. The number of nitrogens with zero attached hydrogens (tertiary/aromatic N) is 1. The quantitative estimate of drug-likeness (QED) is 0.346. The maximum Gasteiger partial charge on any atom is 0.309 e. The van der Waals surface area contributed by atoms with E-state index in [0.29, 0.717) is 16.4 Å². The summed E-state index contributed by atoms with van der Waals surface area (Å²) in [5, 5.41) is 11.0. The summed E-state index contributed by atoms with van der Waals surface area (Å²) >= 11 is 1.25. The second kappa shape index (κ2) is 6.98. The number of carbonyl (C=O) groups excluding carboxylic acids is 1. The lowest BCUT2D eigenvalue weighted by Gasteiger charge is -2.09. The average Bonchev–Trinajstić information content (AvgIpc) is 2.43. The van der Waals surface area contributed by atoms with Crippen LogP contribution in [-0.4, -0.2) is 30.9 Å². The highest BCUT2D eigenvalue weighted by Crippen LogP contribution is 2.33. The zero-order valence-corrected chi connectivity index (χ0v) is 11.7. The number of hydrogen-bond donors (Lipinski definition) is 0. The van der Waals surface area contributed by atoms with E-state index in [1.807, 2.05) is 0 Å². The molecule has 0 fully saturated rings. The maximum atomic E-state index is 11.3. The third-order valence-electron chi connectivity index (χ3n) is 2.46. The smallest absolute Gasteiger partial charge is 0.309 e. The Hall–Kier alpha value is -1.76. The van der Waals surface area contributed by atoms with E-state index >= 15 is 0 Å². The fourth-order valence-electron chi connectivity index (χ4n) is 1.37. The van der Waals surface area contributed by atoms with Gasteiger partial charge in [0.1, 0.15) is 5.75 Å². The molecule has 7 heteroatoms. The normalized spacial score (nSPS) is 11.7.